The first-order valence-corrected chi connectivity index (χ1v) is 11.5. The van der Waals surface area contributed by atoms with Crippen LogP contribution < -0.4 is 0 Å². The van der Waals surface area contributed by atoms with Gasteiger partial charge in [0.05, 0.1) is 6.61 Å². The van der Waals surface area contributed by atoms with Gasteiger partial charge in [0.15, 0.2) is 0 Å². The van der Waals surface area contributed by atoms with Gasteiger partial charge in [-0.3, -0.25) is 4.79 Å². The zero-order valence-corrected chi connectivity index (χ0v) is 18.2. The summed E-state index contributed by atoms with van der Waals surface area (Å²) < 4.78 is 34.7. The summed E-state index contributed by atoms with van der Waals surface area (Å²) in [6.07, 6.45) is 2.40. The number of rotatable bonds is 5. The monoisotopic (exact) mass is 401 g/mol. The summed E-state index contributed by atoms with van der Waals surface area (Å²) in [6, 6.07) is -0.0750. The van der Waals surface area contributed by atoms with Crippen LogP contribution in [0.5, 0.6) is 0 Å². The minimum Gasteiger partial charge on any atom is -0.383 e. The molecule has 0 spiro atoms. The van der Waals surface area contributed by atoms with E-state index < -0.39 is 10.2 Å². The van der Waals surface area contributed by atoms with Gasteiger partial charge in [0.2, 0.25) is 5.91 Å². The Labute approximate surface area is 164 Å². The highest BCUT2D eigenvalue weighted by molar-refractivity contribution is 7.86. The number of nitrogens with zero attached hydrogens (tertiary/aromatic N) is 3. The van der Waals surface area contributed by atoms with Crippen molar-refractivity contribution in [2.45, 2.75) is 53.0 Å². The number of carbonyl (C=O) groups excluding carboxylic acids is 1. The van der Waals surface area contributed by atoms with Gasteiger partial charge in [-0.25, -0.2) is 0 Å². The smallest absolute Gasteiger partial charge is 0.282 e. The molecule has 3 aliphatic rings. The zero-order valence-electron chi connectivity index (χ0n) is 17.4. The van der Waals surface area contributed by atoms with Crippen LogP contribution in [0.3, 0.4) is 0 Å². The summed E-state index contributed by atoms with van der Waals surface area (Å²) >= 11 is 0. The summed E-state index contributed by atoms with van der Waals surface area (Å²) in [5.74, 6) is 0.209. The summed E-state index contributed by atoms with van der Waals surface area (Å²) in [5, 5.41) is 0. The van der Waals surface area contributed by atoms with Crippen molar-refractivity contribution >= 4 is 16.1 Å². The van der Waals surface area contributed by atoms with E-state index in [0.29, 0.717) is 45.8 Å². The van der Waals surface area contributed by atoms with Crippen LogP contribution in [-0.4, -0.2) is 80.3 Å². The van der Waals surface area contributed by atoms with E-state index in [4.69, 9.17) is 4.74 Å². The molecule has 0 N–H and O–H groups in total. The summed E-state index contributed by atoms with van der Waals surface area (Å²) in [4.78, 5) is 14.9. The van der Waals surface area contributed by atoms with Crippen molar-refractivity contribution < 1.29 is 17.9 Å². The van der Waals surface area contributed by atoms with Gasteiger partial charge >= 0.3 is 0 Å². The third kappa shape index (κ3) is 3.54. The van der Waals surface area contributed by atoms with E-state index in [1.807, 2.05) is 4.90 Å². The minimum atomic E-state index is -3.51. The molecule has 0 aromatic rings. The number of ether oxygens (including phenoxy) is 1. The van der Waals surface area contributed by atoms with E-state index >= 15 is 0 Å². The molecule has 1 aliphatic carbocycles. The molecule has 1 amide bonds. The molecule has 156 valence electrons. The van der Waals surface area contributed by atoms with Gasteiger partial charge in [-0.2, -0.15) is 17.0 Å². The van der Waals surface area contributed by atoms with Crippen molar-refractivity contribution in [2.75, 3.05) is 46.4 Å². The second kappa shape index (κ2) is 7.28. The Hall–Kier alpha value is -0.700. The van der Waals surface area contributed by atoms with Gasteiger partial charge in [0.1, 0.15) is 0 Å². The van der Waals surface area contributed by atoms with Crippen LogP contribution in [0.2, 0.25) is 0 Å². The van der Waals surface area contributed by atoms with E-state index in [-0.39, 0.29) is 28.7 Å². The highest BCUT2D eigenvalue weighted by atomic mass is 32.2. The molecule has 8 heteroatoms. The predicted molar refractivity (Wildman–Crippen MR) is 104 cm³/mol. The maximum absolute atomic E-state index is 13.1. The number of methoxy groups -OCH3 is 1. The molecule has 0 aromatic heterocycles. The normalized spacial score (nSPS) is 29.7. The number of carbonyl (C=O) groups is 1. The Bertz CT molecular complexity index is 662. The molecule has 1 saturated carbocycles. The van der Waals surface area contributed by atoms with Crippen LogP contribution in [-0.2, 0) is 19.7 Å². The standard InChI is InChI=1S/C19H35N3O4S/c1-18(2)16(19(18,3)4)17(23)20-9-7-10-21(13-12-20)27(24,25)22-11-6-8-15(22)14-26-5/h15-16H,6-14H2,1-5H3. The van der Waals surface area contributed by atoms with E-state index in [9.17, 15) is 13.2 Å². The molecule has 2 saturated heterocycles. The molecule has 7 nitrogen and oxygen atoms in total. The Morgan fingerprint density at radius 2 is 1.67 bits per heavy atom. The number of amides is 1. The first-order chi connectivity index (χ1) is 12.5. The van der Waals surface area contributed by atoms with Crippen molar-refractivity contribution in [1.82, 2.24) is 13.5 Å². The lowest BCUT2D eigenvalue weighted by Crippen LogP contribution is -2.48. The molecule has 0 radical (unpaired) electrons. The van der Waals surface area contributed by atoms with Gasteiger partial charge < -0.3 is 9.64 Å². The van der Waals surface area contributed by atoms with Crippen molar-refractivity contribution in [2.24, 2.45) is 16.7 Å². The van der Waals surface area contributed by atoms with Crippen LogP contribution in [0.25, 0.3) is 0 Å². The molecule has 0 aromatic carbocycles. The molecule has 3 fully saturated rings. The van der Waals surface area contributed by atoms with E-state index in [2.05, 4.69) is 27.7 Å². The maximum Gasteiger partial charge on any atom is 0.282 e. The van der Waals surface area contributed by atoms with Crippen molar-refractivity contribution in [3.8, 4) is 0 Å². The second-order valence-corrected chi connectivity index (χ2v) is 11.2. The first kappa shape index (κ1) is 21.0. The second-order valence-electron chi connectivity index (χ2n) is 9.32. The fourth-order valence-electron chi connectivity index (χ4n) is 4.96. The minimum absolute atomic E-state index is 0.00504. The molecular weight excluding hydrogens is 366 g/mol. The van der Waals surface area contributed by atoms with Crippen LogP contribution in [0.1, 0.15) is 47.0 Å². The largest absolute Gasteiger partial charge is 0.383 e. The first-order valence-electron chi connectivity index (χ1n) is 10.1. The molecule has 1 unspecified atom stereocenters. The third-order valence-electron chi connectivity index (χ3n) is 7.34. The van der Waals surface area contributed by atoms with Gasteiger partial charge in [0, 0.05) is 51.8 Å². The Morgan fingerprint density at radius 3 is 2.26 bits per heavy atom. The number of hydrogen-bond donors (Lipinski definition) is 0. The molecule has 27 heavy (non-hydrogen) atoms. The van der Waals surface area contributed by atoms with E-state index in [1.54, 1.807) is 15.7 Å². The van der Waals surface area contributed by atoms with Gasteiger partial charge in [-0.05, 0) is 30.1 Å². The Balaban J connectivity index is 1.66. The van der Waals surface area contributed by atoms with Crippen molar-refractivity contribution in [3.05, 3.63) is 0 Å². The van der Waals surface area contributed by atoms with E-state index in [0.717, 1.165) is 12.8 Å². The highest BCUT2D eigenvalue weighted by Gasteiger charge is 2.68. The topological polar surface area (TPSA) is 70.2 Å². The molecule has 0 bridgehead atoms. The molecule has 2 aliphatic heterocycles. The average Bonchev–Trinajstić information content (AvgIpc) is 2.80. The maximum atomic E-state index is 13.1. The van der Waals surface area contributed by atoms with Crippen LogP contribution >= 0.6 is 0 Å². The summed E-state index contributed by atoms with van der Waals surface area (Å²) in [5.41, 5.74) is 0.0101. The lowest BCUT2D eigenvalue weighted by Gasteiger charge is -2.30. The van der Waals surface area contributed by atoms with Crippen molar-refractivity contribution in [3.63, 3.8) is 0 Å². The zero-order chi connectivity index (χ0) is 20.0. The summed E-state index contributed by atoms with van der Waals surface area (Å²) in [7, 11) is -1.90. The van der Waals surface area contributed by atoms with Crippen LogP contribution in [0.15, 0.2) is 0 Å². The molecule has 2 heterocycles. The van der Waals surface area contributed by atoms with E-state index in [1.165, 1.54) is 0 Å². The third-order valence-corrected chi connectivity index (χ3v) is 9.43. The summed E-state index contributed by atoms with van der Waals surface area (Å²) in [6.45, 7) is 11.5. The molecular formula is C19H35N3O4S. The molecule has 3 rings (SSSR count). The highest BCUT2D eigenvalue weighted by Crippen LogP contribution is 2.68. The predicted octanol–water partition coefficient (Wildman–Crippen LogP) is 1.56. The van der Waals surface area contributed by atoms with Gasteiger partial charge in [-0.1, -0.05) is 27.7 Å². The number of hydrogen-bond acceptors (Lipinski definition) is 4. The Morgan fingerprint density at radius 1 is 1.00 bits per heavy atom. The fourth-order valence-corrected chi connectivity index (χ4v) is 6.83. The SMILES string of the molecule is COCC1CCCN1S(=O)(=O)N1CCCN(C(=O)C2C(C)(C)C2(C)C)CC1. The average molecular weight is 402 g/mol. The fraction of sp³-hybridized carbons (Fsp3) is 0.947. The van der Waals surface area contributed by atoms with Crippen molar-refractivity contribution in [1.29, 1.82) is 0 Å². The van der Waals surface area contributed by atoms with Crippen LogP contribution in [0, 0.1) is 16.7 Å². The lowest BCUT2D eigenvalue weighted by atomic mass is 10.0. The van der Waals surface area contributed by atoms with Crippen LogP contribution in [0.4, 0.5) is 0 Å². The van der Waals surface area contributed by atoms with Gasteiger partial charge in [-0.15, -0.1) is 0 Å². The van der Waals surface area contributed by atoms with Gasteiger partial charge in [0.25, 0.3) is 10.2 Å². The quantitative estimate of drug-likeness (QED) is 0.701. The lowest BCUT2D eigenvalue weighted by molar-refractivity contribution is -0.133. The molecule has 1 atom stereocenters. The Kier molecular flexibility index (Phi) is 5.67.